The summed E-state index contributed by atoms with van der Waals surface area (Å²) in [7, 11) is 1.94. The Kier molecular flexibility index (Phi) is 5.18. The van der Waals surface area contributed by atoms with Crippen LogP contribution in [0.3, 0.4) is 0 Å². The lowest BCUT2D eigenvalue weighted by Crippen LogP contribution is -3.12. The molecule has 6 heteroatoms. The molecule has 2 amide bonds. The van der Waals surface area contributed by atoms with Gasteiger partial charge in [0, 0.05) is 11.3 Å². The first-order chi connectivity index (χ1) is 10.9. The van der Waals surface area contributed by atoms with Crippen LogP contribution in [0.15, 0.2) is 40.8 Å². The Labute approximate surface area is 135 Å². The summed E-state index contributed by atoms with van der Waals surface area (Å²) < 4.78 is 5.54. The number of likely N-dealkylation sites (N-methyl/N-ethyl adjacent to an activating group) is 1. The van der Waals surface area contributed by atoms with Crippen LogP contribution in [-0.4, -0.2) is 24.9 Å². The molecule has 0 bridgehead atoms. The van der Waals surface area contributed by atoms with Crippen LogP contribution < -0.4 is 16.0 Å². The highest BCUT2D eigenvalue weighted by atomic mass is 16.3. The number of carbonyl (C=O) groups is 2. The number of amides is 2. The minimum Gasteiger partial charge on any atom is -0.460 e. The zero-order valence-corrected chi connectivity index (χ0v) is 13.6. The average molecular weight is 316 g/mol. The van der Waals surface area contributed by atoms with Gasteiger partial charge in [-0.05, 0) is 50.2 Å². The molecule has 1 heterocycles. The summed E-state index contributed by atoms with van der Waals surface area (Å²) in [5.41, 5.74) is 6.23. The molecule has 1 aromatic heterocycles. The summed E-state index contributed by atoms with van der Waals surface area (Å²) in [5.74, 6) is 1.12. The van der Waals surface area contributed by atoms with Crippen molar-refractivity contribution in [2.75, 3.05) is 12.4 Å². The van der Waals surface area contributed by atoms with Gasteiger partial charge in [0.15, 0.2) is 11.8 Å². The largest absolute Gasteiger partial charge is 0.460 e. The highest BCUT2D eigenvalue weighted by Crippen LogP contribution is 2.09. The molecule has 4 N–H and O–H groups in total. The maximum Gasteiger partial charge on any atom is 0.282 e. The van der Waals surface area contributed by atoms with E-state index < -0.39 is 5.91 Å². The van der Waals surface area contributed by atoms with Crippen LogP contribution in [-0.2, 0) is 11.3 Å². The van der Waals surface area contributed by atoms with E-state index in [2.05, 4.69) is 5.32 Å². The number of quaternary nitrogens is 1. The van der Waals surface area contributed by atoms with Crippen LogP contribution in [0.5, 0.6) is 0 Å². The minimum absolute atomic E-state index is 0.0994. The quantitative estimate of drug-likeness (QED) is 0.734. The highest BCUT2D eigenvalue weighted by molar-refractivity contribution is 5.95. The Morgan fingerprint density at radius 2 is 1.87 bits per heavy atom. The lowest BCUT2D eigenvalue weighted by Gasteiger charge is -2.20. The molecule has 0 saturated carbocycles. The zero-order valence-electron chi connectivity index (χ0n) is 13.6. The fourth-order valence-corrected chi connectivity index (χ4v) is 2.20. The first-order valence-electron chi connectivity index (χ1n) is 7.45. The van der Waals surface area contributed by atoms with Gasteiger partial charge in [-0.2, -0.15) is 0 Å². The topological polar surface area (TPSA) is 89.8 Å². The molecule has 0 fully saturated rings. The Hall–Kier alpha value is -2.60. The molecule has 1 unspecified atom stereocenters. The number of hydrogen-bond donors (Lipinski definition) is 3. The molecule has 6 nitrogen and oxygen atoms in total. The first-order valence-corrected chi connectivity index (χ1v) is 7.45. The number of anilines is 1. The van der Waals surface area contributed by atoms with Gasteiger partial charge in [-0.3, -0.25) is 9.59 Å². The average Bonchev–Trinajstić information content (AvgIpc) is 2.92. The van der Waals surface area contributed by atoms with E-state index in [0.29, 0.717) is 17.8 Å². The van der Waals surface area contributed by atoms with Crippen molar-refractivity contribution in [3.05, 3.63) is 53.5 Å². The van der Waals surface area contributed by atoms with Crippen LogP contribution in [0.2, 0.25) is 0 Å². The second-order valence-electron chi connectivity index (χ2n) is 5.69. The lowest BCUT2D eigenvalue weighted by molar-refractivity contribution is -0.908. The molecule has 0 aliphatic carbocycles. The van der Waals surface area contributed by atoms with E-state index in [1.54, 1.807) is 24.3 Å². The SMILES string of the molecule is Cc1ccc(C[NH+](C)[C@H](C)C(=O)Nc2ccc(C(N)=O)cc2)o1. The fourth-order valence-electron chi connectivity index (χ4n) is 2.20. The van der Waals surface area contributed by atoms with E-state index in [-0.39, 0.29) is 11.9 Å². The third-order valence-corrected chi connectivity index (χ3v) is 3.82. The second kappa shape index (κ2) is 7.11. The van der Waals surface area contributed by atoms with Crippen molar-refractivity contribution in [2.45, 2.75) is 26.4 Å². The number of primary amides is 1. The van der Waals surface area contributed by atoms with Crippen molar-refractivity contribution in [1.82, 2.24) is 0 Å². The smallest absolute Gasteiger partial charge is 0.282 e. The van der Waals surface area contributed by atoms with E-state index in [4.69, 9.17) is 10.2 Å². The highest BCUT2D eigenvalue weighted by Gasteiger charge is 2.23. The molecular weight excluding hydrogens is 294 g/mol. The number of furan rings is 1. The van der Waals surface area contributed by atoms with Crippen LogP contribution in [0.25, 0.3) is 0 Å². The van der Waals surface area contributed by atoms with Crippen molar-refractivity contribution < 1.29 is 18.9 Å². The number of benzene rings is 1. The maximum atomic E-state index is 12.3. The molecule has 0 radical (unpaired) electrons. The summed E-state index contributed by atoms with van der Waals surface area (Å²) in [6, 6.07) is 10.1. The molecule has 2 aromatic rings. The van der Waals surface area contributed by atoms with E-state index in [1.165, 1.54) is 0 Å². The van der Waals surface area contributed by atoms with E-state index in [9.17, 15) is 9.59 Å². The van der Waals surface area contributed by atoms with Crippen LogP contribution in [0.4, 0.5) is 5.69 Å². The molecule has 0 spiro atoms. The van der Waals surface area contributed by atoms with Gasteiger partial charge in [0.05, 0.1) is 7.05 Å². The predicted molar refractivity (Wildman–Crippen MR) is 87.1 cm³/mol. The normalized spacial score (nSPS) is 13.3. The van der Waals surface area contributed by atoms with Gasteiger partial charge >= 0.3 is 0 Å². The van der Waals surface area contributed by atoms with Crippen LogP contribution in [0.1, 0.15) is 28.8 Å². The van der Waals surface area contributed by atoms with Gasteiger partial charge in [0.2, 0.25) is 5.91 Å². The summed E-state index contributed by atoms with van der Waals surface area (Å²) in [6.07, 6.45) is 0. The Morgan fingerprint density at radius 1 is 1.22 bits per heavy atom. The predicted octanol–water partition coefficient (Wildman–Crippen LogP) is 0.729. The van der Waals surface area contributed by atoms with E-state index >= 15 is 0 Å². The van der Waals surface area contributed by atoms with Gasteiger partial charge in [-0.25, -0.2) is 0 Å². The lowest BCUT2D eigenvalue weighted by atomic mass is 10.2. The van der Waals surface area contributed by atoms with Crippen molar-refractivity contribution in [3.63, 3.8) is 0 Å². The van der Waals surface area contributed by atoms with Gasteiger partial charge in [-0.1, -0.05) is 0 Å². The van der Waals surface area contributed by atoms with Gasteiger partial charge in [-0.15, -0.1) is 0 Å². The van der Waals surface area contributed by atoms with Gasteiger partial charge in [0.1, 0.15) is 12.3 Å². The van der Waals surface area contributed by atoms with Gasteiger partial charge < -0.3 is 20.4 Å². The number of hydrogen-bond acceptors (Lipinski definition) is 3. The standard InChI is InChI=1S/C17H21N3O3/c1-11-4-9-15(23-11)10-20(3)12(2)17(22)19-14-7-5-13(6-8-14)16(18)21/h4-9,12H,10H2,1-3H3,(H2,18,21)(H,19,22)/p+1/t12-/m1/s1. The maximum absolute atomic E-state index is 12.3. The third kappa shape index (κ3) is 4.43. The first kappa shape index (κ1) is 16.8. The molecule has 23 heavy (non-hydrogen) atoms. The summed E-state index contributed by atoms with van der Waals surface area (Å²) in [5, 5.41) is 2.84. The van der Waals surface area contributed by atoms with Crippen LogP contribution in [0, 0.1) is 6.92 Å². The number of rotatable bonds is 6. The van der Waals surface area contributed by atoms with Crippen molar-refractivity contribution in [3.8, 4) is 0 Å². The Bertz CT molecular complexity index is 691. The minimum atomic E-state index is -0.492. The monoisotopic (exact) mass is 316 g/mol. The van der Waals surface area contributed by atoms with Crippen molar-refractivity contribution in [1.29, 1.82) is 0 Å². The molecule has 0 saturated heterocycles. The molecule has 122 valence electrons. The second-order valence-corrected chi connectivity index (χ2v) is 5.69. The summed E-state index contributed by atoms with van der Waals surface area (Å²) in [4.78, 5) is 24.4. The van der Waals surface area contributed by atoms with Crippen molar-refractivity contribution >= 4 is 17.5 Å². The molecular formula is C17H22N3O3+. The number of nitrogens with two attached hydrogens (primary N) is 1. The van der Waals surface area contributed by atoms with E-state index in [1.807, 2.05) is 33.0 Å². The number of nitrogens with one attached hydrogen (secondary N) is 2. The van der Waals surface area contributed by atoms with Crippen molar-refractivity contribution in [2.24, 2.45) is 5.73 Å². The Balaban J connectivity index is 1.94. The molecule has 2 atom stereocenters. The fraction of sp³-hybridized carbons (Fsp3) is 0.294. The number of aryl methyl sites for hydroxylation is 1. The molecule has 0 aliphatic heterocycles. The molecule has 0 aliphatic rings. The van der Waals surface area contributed by atoms with E-state index in [0.717, 1.165) is 16.4 Å². The van der Waals surface area contributed by atoms with Crippen LogP contribution >= 0.6 is 0 Å². The zero-order chi connectivity index (χ0) is 17.0. The summed E-state index contributed by atoms with van der Waals surface area (Å²) >= 11 is 0. The van der Waals surface area contributed by atoms with Gasteiger partial charge in [0.25, 0.3) is 5.91 Å². The molecule has 2 rings (SSSR count). The molecule has 1 aromatic carbocycles. The summed E-state index contributed by atoms with van der Waals surface area (Å²) in [6.45, 7) is 4.38. The number of carbonyl (C=O) groups excluding carboxylic acids is 2. The third-order valence-electron chi connectivity index (χ3n) is 3.82. The Morgan fingerprint density at radius 3 is 2.39 bits per heavy atom.